The fourth-order valence-corrected chi connectivity index (χ4v) is 4.48. The minimum atomic E-state index is -0.00946. The molecule has 5 heteroatoms. The van der Waals surface area contributed by atoms with Crippen LogP contribution in [0.1, 0.15) is 34.1 Å². The first-order valence-corrected chi connectivity index (χ1v) is 10.4. The number of urea groups is 1. The Morgan fingerprint density at radius 1 is 1.04 bits per heavy atom. The van der Waals surface area contributed by atoms with Crippen LogP contribution in [0.5, 0.6) is 0 Å². The van der Waals surface area contributed by atoms with E-state index in [1.54, 1.807) is 0 Å². The van der Waals surface area contributed by atoms with Gasteiger partial charge in [0.25, 0.3) is 0 Å². The number of likely N-dealkylation sites (tertiary alicyclic amines) is 1. The highest BCUT2D eigenvalue weighted by Gasteiger charge is 2.33. The molecule has 2 amide bonds. The normalized spacial score (nSPS) is 24.7. The number of para-hydroxylation sites is 1. The van der Waals surface area contributed by atoms with Gasteiger partial charge in [-0.1, -0.05) is 32.0 Å². The first-order chi connectivity index (χ1) is 12.8. The van der Waals surface area contributed by atoms with E-state index in [4.69, 9.17) is 0 Å². The van der Waals surface area contributed by atoms with Crippen LogP contribution >= 0.6 is 0 Å². The van der Waals surface area contributed by atoms with Crippen molar-refractivity contribution in [2.24, 2.45) is 11.8 Å². The maximum atomic E-state index is 12.7. The number of carbonyl (C=O) groups is 1. The van der Waals surface area contributed by atoms with Crippen molar-refractivity contribution in [1.82, 2.24) is 15.1 Å². The summed E-state index contributed by atoms with van der Waals surface area (Å²) in [6, 6.07) is 10.5. The van der Waals surface area contributed by atoms with Crippen molar-refractivity contribution in [2.75, 3.05) is 50.7 Å². The van der Waals surface area contributed by atoms with Crippen molar-refractivity contribution >= 4 is 11.7 Å². The standard InChI is InChI=1S/C22H36N4O/c1-18-14-19(2)16-26(15-18)22(3,4)17-23-21(27)25-12-10-24(11-13-25)20-8-6-5-7-9-20/h5-9,18-19H,10-17H2,1-4H3,(H,23,27). The molecule has 2 unspecified atom stereocenters. The Hall–Kier alpha value is -1.75. The first-order valence-electron chi connectivity index (χ1n) is 10.4. The summed E-state index contributed by atoms with van der Waals surface area (Å²) in [5, 5.41) is 3.20. The number of benzene rings is 1. The summed E-state index contributed by atoms with van der Waals surface area (Å²) in [7, 11) is 0. The van der Waals surface area contributed by atoms with Gasteiger partial charge in [0.2, 0.25) is 0 Å². The molecule has 3 rings (SSSR count). The lowest BCUT2D eigenvalue weighted by molar-refractivity contribution is 0.0463. The van der Waals surface area contributed by atoms with E-state index in [0.717, 1.165) is 51.1 Å². The predicted molar refractivity (Wildman–Crippen MR) is 112 cm³/mol. The molecule has 2 fully saturated rings. The highest BCUT2D eigenvalue weighted by molar-refractivity contribution is 5.74. The number of piperazine rings is 1. The van der Waals surface area contributed by atoms with Crippen LogP contribution < -0.4 is 10.2 Å². The molecule has 2 aliphatic heterocycles. The van der Waals surface area contributed by atoms with Crippen LogP contribution in [0.4, 0.5) is 10.5 Å². The molecular weight excluding hydrogens is 336 g/mol. The van der Waals surface area contributed by atoms with E-state index in [0.29, 0.717) is 6.54 Å². The van der Waals surface area contributed by atoms with Gasteiger partial charge >= 0.3 is 6.03 Å². The van der Waals surface area contributed by atoms with Gasteiger partial charge in [-0.05, 0) is 44.2 Å². The average Bonchev–Trinajstić information content (AvgIpc) is 2.66. The quantitative estimate of drug-likeness (QED) is 0.882. The number of carbonyl (C=O) groups excluding carboxylic acids is 1. The lowest BCUT2D eigenvalue weighted by atomic mass is 9.88. The molecule has 2 heterocycles. The molecule has 2 saturated heterocycles. The highest BCUT2D eigenvalue weighted by atomic mass is 16.2. The van der Waals surface area contributed by atoms with Crippen molar-refractivity contribution in [3.05, 3.63) is 30.3 Å². The zero-order chi connectivity index (χ0) is 19.4. The number of hydrogen-bond donors (Lipinski definition) is 1. The summed E-state index contributed by atoms with van der Waals surface area (Å²) >= 11 is 0. The van der Waals surface area contributed by atoms with Gasteiger partial charge in [0, 0.05) is 57.0 Å². The molecule has 0 radical (unpaired) electrons. The van der Waals surface area contributed by atoms with Gasteiger partial charge in [0.05, 0.1) is 0 Å². The fourth-order valence-electron chi connectivity index (χ4n) is 4.48. The van der Waals surface area contributed by atoms with E-state index in [1.165, 1.54) is 12.1 Å². The number of piperidine rings is 1. The SMILES string of the molecule is CC1CC(C)CN(C(C)(C)CNC(=O)N2CCN(c3ccccc3)CC2)C1. The minimum Gasteiger partial charge on any atom is -0.368 e. The van der Waals surface area contributed by atoms with Crippen LogP contribution in [0.25, 0.3) is 0 Å². The Bertz CT molecular complexity index is 600. The van der Waals surface area contributed by atoms with Crippen LogP contribution in [0, 0.1) is 11.8 Å². The summed E-state index contributed by atoms with van der Waals surface area (Å²) in [5.41, 5.74) is 1.23. The van der Waals surface area contributed by atoms with Gasteiger partial charge in [-0.25, -0.2) is 4.79 Å². The molecule has 150 valence electrons. The van der Waals surface area contributed by atoms with E-state index < -0.39 is 0 Å². The zero-order valence-electron chi connectivity index (χ0n) is 17.4. The third-order valence-electron chi connectivity index (χ3n) is 6.09. The molecule has 27 heavy (non-hydrogen) atoms. The number of hydrogen-bond acceptors (Lipinski definition) is 3. The average molecular weight is 373 g/mol. The third-order valence-corrected chi connectivity index (χ3v) is 6.09. The Morgan fingerprint density at radius 3 is 2.22 bits per heavy atom. The maximum absolute atomic E-state index is 12.7. The van der Waals surface area contributed by atoms with Gasteiger partial charge in [-0.3, -0.25) is 4.90 Å². The molecule has 0 aliphatic carbocycles. The number of nitrogens with one attached hydrogen (secondary N) is 1. The second kappa shape index (κ2) is 8.51. The monoisotopic (exact) mass is 372 g/mol. The Morgan fingerprint density at radius 2 is 1.63 bits per heavy atom. The number of amides is 2. The zero-order valence-corrected chi connectivity index (χ0v) is 17.4. The van der Waals surface area contributed by atoms with E-state index >= 15 is 0 Å². The summed E-state index contributed by atoms with van der Waals surface area (Å²) in [6.45, 7) is 15.5. The van der Waals surface area contributed by atoms with Crippen LogP contribution in [-0.4, -0.2) is 67.2 Å². The highest BCUT2D eigenvalue weighted by Crippen LogP contribution is 2.27. The van der Waals surface area contributed by atoms with E-state index in [1.807, 2.05) is 11.0 Å². The largest absolute Gasteiger partial charge is 0.368 e. The first kappa shape index (κ1) is 20.0. The Balaban J connectivity index is 1.47. The molecule has 1 N–H and O–H groups in total. The third kappa shape index (κ3) is 5.16. The van der Waals surface area contributed by atoms with Crippen molar-refractivity contribution < 1.29 is 4.79 Å². The maximum Gasteiger partial charge on any atom is 0.317 e. The smallest absolute Gasteiger partial charge is 0.317 e. The summed E-state index contributed by atoms with van der Waals surface area (Å²) in [5.74, 6) is 1.46. The molecule has 1 aromatic rings. The van der Waals surface area contributed by atoms with Gasteiger partial charge in [-0.15, -0.1) is 0 Å². The van der Waals surface area contributed by atoms with Crippen LogP contribution in [0.3, 0.4) is 0 Å². The number of anilines is 1. The number of rotatable bonds is 4. The van der Waals surface area contributed by atoms with Gasteiger partial charge in [0.1, 0.15) is 0 Å². The van der Waals surface area contributed by atoms with Gasteiger partial charge in [0.15, 0.2) is 0 Å². The Kier molecular flexibility index (Phi) is 6.30. The van der Waals surface area contributed by atoms with Crippen molar-refractivity contribution in [3.8, 4) is 0 Å². The minimum absolute atomic E-state index is 0.00946. The molecule has 5 nitrogen and oxygen atoms in total. The van der Waals surface area contributed by atoms with Crippen LogP contribution in [0.2, 0.25) is 0 Å². The van der Waals surface area contributed by atoms with Gasteiger partial charge < -0.3 is 15.1 Å². The van der Waals surface area contributed by atoms with Crippen molar-refractivity contribution in [2.45, 2.75) is 39.7 Å². The van der Waals surface area contributed by atoms with E-state index in [9.17, 15) is 4.79 Å². The second-order valence-electron chi connectivity index (χ2n) is 9.13. The topological polar surface area (TPSA) is 38.8 Å². The van der Waals surface area contributed by atoms with Crippen LogP contribution in [0.15, 0.2) is 30.3 Å². The predicted octanol–water partition coefficient (Wildman–Crippen LogP) is 3.27. The van der Waals surface area contributed by atoms with Crippen LogP contribution in [-0.2, 0) is 0 Å². The molecule has 1 aromatic carbocycles. The Labute approximate surface area is 164 Å². The van der Waals surface area contributed by atoms with Crippen molar-refractivity contribution in [1.29, 1.82) is 0 Å². The molecule has 0 bridgehead atoms. The fraction of sp³-hybridized carbons (Fsp3) is 0.682. The molecular formula is C22H36N4O. The van der Waals surface area contributed by atoms with E-state index in [2.05, 4.69) is 67.1 Å². The molecule has 0 spiro atoms. The lowest BCUT2D eigenvalue weighted by Gasteiger charge is -2.45. The lowest BCUT2D eigenvalue weighted by Crippen LogP contribution is -2.58. The molecule has 2 aliphatic rings. The van der Waals surface area contributed by atoms with Gasteiger partial charge in [-0.2, -0.15) is 0 Å². The molecule has 0 aromatic heterocycles. The summed E-state index contributed by atoms with van der Waals surface area (Å²) < 4.78 is 0. The summed E-state index contributed by atoms with van der Waals surface area (Å²) in [6.07, 6.45) is 1.31. The summed E-state index contributed by atoms with van der Waals surface area (Å²) in [4.78, 5) is 19.5. The number of nitrogens with zero attached hydrogens (tertiary/aromatic N) is 3. The second-order valence-corrected chi connectivity index (χ2v) is 9.13. The van der Waals surface area contributed by atoms with Crippen molar-refractivity contribution in [3.63, 3.8) is 0 Å². The van der Waals surface area contributed by atoms with E-state index in [-0.39, 0.29) is 11.6 Å². The molecule has 0 saturated carbocycles. The molecule has 2 atom stereocenters.